The second kappa shape index (κ2) is 5.97. The van der Waals surface area contributed by atoms with E-state index >= 15 is 0 Å². The zero-order chi connectivity index (χ0) is 14.1. The Kier molecular flexibility index (Phi) is 4.25. The Morgan fingerprint density at radius 2 is 2.15 bits per heavy atom. The lowest BCUT2D eigenvalue weighted by Gasteiger charge is -2.17. The number of aromatic nitrogens is 1. The maximum absolute atomic E-state index is 6.34. The summed E-state index contributed by atoms with van der Waals surface area (Å²) in [6.45, 7) is 3.25. The number of H-pyrrole nitrogens is 1. The topological polar surface area (TPSA) is 27.8 Å². The molecule has 1 aliphatic carbocycles. The Morgan fingerprint density at radius 1 is 1.30 bits per heavy atom. The number of fused-ring (bicyclic) bond motifs is 3. The van der Waals surface area contributed by atoms with E-state index in [1.165, 1.54) is 35.9 Å². The normalized spacial score (nSPS) is 19.1. The Balaban J connectivity index is 2.14. The molecule has 0 saturated carbocycles. The first-order valence-electron chi connectivity index (χ1n) is 7.43. The van der Waals surface area contributed by atoms with Crippen LogP contribution in [-0.2, 0) is 6.42 Å². The number of nitrogens with one attached hydrogen (secondary N) is 2. The monoisotopic (exact) mass is 310 g/mol. The average molecular weight is 311 g/mol. The Hall–Kier alpha value is -0.700. The van der Waals surface area contributed by atoms with Gasteiger partial charge in [-0.1, -0.05) is 36.5 Å². The van der Waals surface area contributed by atoms with Crippen molar-refractivity contribution in [2.45, 2.75) is 45.1 Å². The van der Waals surface area contributed by atoms with Gasteiger partial charge in [0.25, 0.3) is 0 Å². The summed E-state index contributed by atoms with van der Waals surface area (Å²) in [5.41, 5.74) is 3.75. The summed E-state index contributed by atoms with van der Waals surface area (Å²) in [5, 5.41) is 6.29. The third kappa shape index (κ3) is 2.57. The molecule has 0 amide bonds. The lowest BCUT2D eigenvalue weighted by atomic mass is 10.0. The highest BCUT2D eigenvalue weighted by Gasteiger charge is 2.23. The van der Waals surface area contributed by atoms with E-state index in [0.717, 1.165) is 29.9 Å². The summed E-state index contributed by atoms with van der Waals surface area (Å²) in [6, 6.07) is 4.27. The molecular weight excluding hydrogens is 291 g/mol. The van der Waals surface area contributed by atoms with Gasteiger partial charge in [0.15, 0.2) is 0 Å². The van der Waals surface area contributed by atoms with Crippen molar-refractivity contribution in [2.75, 3.05) is 6.54 Å². The van der Waals surface area contributed by atoms with Crippen molar-refractivity contribution in [3.05, 3.63) is 33.4 Å². The molecule has 1 unspecified atom stereocenters. The first kappa shape index (κ1) is 14.2. The Labute approximate surface area is 129 Å². The van der Waals surface area contributed by atoms with Crippen LogP contribution >= 0.6 is 23.2 Å². The molecule has 2 aromatic rings. The number of benzene rings is 1. The van der Waals surface area contributed by atoms with E-state index in [4.69, 9.17) is 23.2 Å². The van der Waals surface area contributed by atoms with E-state index in [2.05, 4.69) is 17.2 Å². The van der Waals surface area contributed by atoms with E-state index in [1.54, 1.807) is 0 Å². The molecule has 2 N–H and O–H groups in total. The van der Waals surface area contributed by atoms with E-state index in [9.17, 15) is 0 Å². The summed E-state index contributed by atoms with van der Waals surface area (Å²) in [6.07, 6.45) is 5.93. The number of hydrogen-bond donors (Lipinski definition) is 2. The standard InChI is InChI=1S/C16H20Cl2N2/c1-2-7-19-13-5-3-4-6-14-15(13)11-8-10(17)9-12(18)16(11)20-14/h8-9,13,19-20H,2-7H2,1H3. The molecule has 0 saturated heterocycles. The van der Waals surface area contributed by atoms with Crippen molar-refractivity contribution in [1.29, 1.82) is 0 Å². The van der Waals surface area contributed by atoms with Gasteiger partial charge in [-0.05, 0) is 49.9 Å². The van der Waals surface area contributed by atoms with E-state index in [1.807, 2.05) is 12.1 Å². The highest BCUT2D eigenvalue weighted by atomic mass is 35.5. The molecule has 0 fully saturated rings. The van der Waals surface area contributed by atoms with Crippen molar-refractivity contribution in [2.24, 2.45) is 0 Å². The van der Waals surface area contributed by atoms with Crippen LogP contribution in [0.5, 0.6) is 0 Å². The van der Waals surface area contributed by atoms with Crippen LogP contribution in [0, 0.1) is 0 Å². The predicted molar refractivity (Wildman–Crippen MR) is 86.9 cm³/mol. The molecule has 1 atom stereocenters. The first-order valence-corrected chi connectivity index (χ1v) is 8.19. The number of halogens is 2. The fraction of sp³-hybridized carbons (Fsp3) is 0.500. The molecule has 0 radical (unpaired) electrons. The van der Waals surface area contributed by atoms with Crippen LogP contribution in [-0.4, -0.2) is 11.5 Å². The quantitative estimate of drug-likeness (QED) is 0.745. The first-order chi connectivity index (χ1) is 9.70. The summed E-state index contributed by atoms with van der Waals surface area (Å²) in [7, 11) is 0. The third-order valence-corrected chi connectivity index (χ3v) is 4.62. The molecule has 0 spiro atoms. The van der Waals surface area contributed by atoms with Gasteiger partial charge in [-0.2, -0.15) is 0 Å². The molecule has 108 valence electrons. The second-order valence-corrected chi connectivity index (χ2v) is 6.42. The summed E-state index contributed by atoms with van der Waals surface area (Å²) >= 11 is 12.5. The zero-order valence-corrected chi connectivity index (χ0v) is 13.2. The highest BCUT2D eigenvalue weighted by molar-refractivity contribution is 6.38. The van der Waals surface area contributed by atoms with Crippen LogP contribution in [0.3, 0.4) is 0 Å². The average Bonchev–Trinajstić information content (AvgIpc) is 2.65. The number of hydrogen-bond acceptors (Lipinski definition) is 1. The van der Waals surface area contributed by atoms with Crippen LogP contribution < -0.4 is 5.32 Å². The van der Waals surface area contributed by atoms with Crippen molar-refractivity contribution < 1.29 is 0 Å². The summed E-state index contributed by atoms with van der Waals surface area (Å²) in [4.78, 5) is 3.53. The molecule has 1 aliphatic rings. The van der Waals surface area contributed by atoms with Crippen LogP contribution in [0.2, 0.25) is 10.0 Å². The fourth-order valence-electron chi connectivity index (χ4n) is 3.21. The van der Waals surface area contributed by atoms with Crippen molar-refractivity contribution in [3.8, 4) is 0 Å². The maximum atomic E-state index is 6.34. The van der Waals surface area contributed by atoms with E-state index < -0.39 is 0 Å². The molecule has 0 bridgehead atoms. The van der Waals surface area contributed by atoms with Gasteiger partial charge in [-0.15, -0.1) is 0 Å². The second-order valence-electron chi connectivity index (χ2n) is 5.58. The summed E-state index contributed by atoms with van der Waals surface area (Å²) in [5.74, 6) is 0. The van der Waals surface area contributed by atoms with Crippen LogP contribution in [0.4, 0.5) is 0 Å². The highest BCUT2D eigenvalue weighted by Crippen LogP contribution is 2.38. The molecule has 2 nitrogen and oxygen atoms in total. The van der Waals surface area contributed by atoms with Crippen LogP contribution in [0.15, 0.2) is 12.1 Å². The van der Waals surface area contributed by atoms with Gasteiger partial charge < -0.3 is 10.3 Å². The molecule has 1 heterocycles. The van der Waals surface area contributed by atoms with E-state index in [-0.39, 0.29) is 0 Å². The Morgan fingerprint density at radius 3 is 2.95 bits per heavy atom. The fourth-order valence-corrected chi connectivity index (χ4v) is 3.75. The van der Waals surface area contributed by atoms with Gasteiger partial charge in [0.05, 0.1) is 10.5 Å². The van der Waals surface area contributed by atoms with Gasteiger partial charge in [0.1, 0.15) is 0 Å². The molecular formula is C16H20Cl2N2. The molecule has 20 heavy (non-hydrogen) atoms. The largest absolute Gasteiger partial charge is 0.357 e. The lowest BCUT2D eigenvalue weighted by molar-refractivity contribution is 0.492. The zero-order valence-electron chi connectivity index (χ0n) is 11.7. The van der Waals surface area contributed by atoms with Crippen molar-refractivity contribution >= 4 is 34.1 Å². The SMILES string of the molecule is CCCNC1CCCCc2[nH]c3c(Cl)cc(Cl)cc3c21. The van der Waals surface area contributed by atoms with Crippen molar-refractivity contribution in [1.82, 2.24) is 10.3 Å². The predicted octanol–water partition coefficient (Wildman–Crippen LogP) is 5.24. The number of aryl methyl sites for hydroxylation is 1. The van der Waals surface area contributed by atoms with Gasteiger partial charge in [0.2, 0.25) is 0 Å². The molecule has 3 rings (SSSR count). The van der Waals surface area contributed by atoms with Gasteiger partial charge in [-0.3, -0.25) is 0 Å². The maximum Gasteiger partial charge on any atom is 0.0662 e. The molecule has 4 heteroatoms. The van der Waals surface area contributed by atoms with Gasteiger partial charge >= 0.3 is 0 Å². The van der Waals surface area contributed by atoms with E-state index in [0.29, 0.717) is 11.1 Å². The molecule has 1 aromatic heterocycles. The minimum Gasteiger partial charge on any atom is -0.357 e. The molecule has 0 aliphatic heterocycles. The number of aromatic amines is 1. The minimum atomic E-state index is 0.413. The molecule has 1 aromatic carbocycles. The van der Waals surface area contributed by atoms with Crippen molar-refractivity contribution in [3.63, 3.8) is 0 Å². The van der Waals surface area contributed by atoms with Crippen LogP contribution in [0.25, 0.3) is 10.9 Å². The number of rotatable bonds is 3. The van der Waals surface area contributed by atoms with Crippen LogP contribution in [0.1, 0.15) is 49.9 Å². The van der Waals surface area contributed by atoms with Gasteiger partial charge in [-0.25, -0.2) is 0 Å². The van der Waals surface area contributed by atoms with Gasteiger partial charge in [0, 0.05) is 22.1 Å². The third-order valence-electron chi connectivity index (χ3n) is 4.10. The summed E-state index contributed by atoms with van der Waals surface area (Å²) < 4.78 is 0. The minimum absolute atomic E-state index is 0.413. The lowest BCUT2D eigenvalue weighted by Crippen LogP contribution is -2.22. The Bertz CT molecular complexity index is 618. The smallest absolute Gasteiger partial charge is 0.0662 e.